The Kier molecular flexibility index (Phi) is 5.11. The van der Waals surface area contributed by atoms with E-state index in [1.165, 1.54) is 4.90 Å². The van der Waals surface area contributed by atoms with Crippen LogP contribution < -0.4 is 5.32 Å². The number of allylic oxidation sites excluding steroid dienone is 2. The predicted octanol–water partition coefficient (Wildman–Crippen LogP) is 4.24. The maximum absolute atomic E-state index is 12.5. The minimum atomic E-state index is -0.254. The molecule has 0 bridgehead atoms. The van der Waals surface area contributed by atoms with Crippen LogP contribution in [0.1, 0.15) is 19.3 Å². The maximum Gasteiger partial charge on any atom is 0.233 e. The molecule has 2 heterocycles. The highest BCUT2D eigenvalue weighted by Crippen LogP contribution is 2.35. The Morgan fingerprint density at radius 1 is 1.00 bits per heavy atom. The van der Waals surface area contributed by atoms with Gasteiger partial charge in [0.25, 0.3) is 0 Å². The summed E-state index contributed by atoms with van der Waals surface area (Å²) in [6.45, 7) is 0.125. The average molecular weight is 432 g/mol. The van der Waals surface area contributed by atoms with Crippen molar-refractivity contribution in [2.45, 2.75) is 19.3 Å². The summed E-state index contributed by atoms with van der Waals surface area (Å²) >= 11 is 1.63. The Hall–Kier alpha value is -3.32. The number of carbonyl (C=O) groups excluding carboxylic acids is 3. The number of thiazole rings is 1. The van der Waals surface area contributed by atoms with Crippen LogP contribution in [0.2, 0.25) is 0 Å². The van der Waals surface area contributed by atoms with Crippen LogP contribution in [0, 0.1) is 11.8 Å². The number of amides is 3. The van der Waals surface area contributed by atoms with Crippen LogP contribution >= 0.6 is 11.3 Å². The summed E-state index contributed by atoms with van der Waals surface area (Å²) < 4.78 is 1.14. The van der Waals surface area contributed by atoms with Gasteiger partial charge in [-0.2, -0.15) is 0 Å². The number of benzene rings is 2. The third-order valence-corrected chi connectivity index (χ3v) is 6.96. The van der Waals surface area contributed by atoms with Crippen molar-refractivity contribution in [2.24, 2.45) is 11.8 Å². The molecule has 0 unspecified atom stereocenters. The quantitative estimate of drug-likeness (QED) is 0.484. The summed E-state index contributed by atoms with van der Waals surface area (Å²) in [5.74, 6) is -1.02. The summed E-state index contributed by atoms with van der Waals surface area (Å²) in [7, 11) is 0. The van der Waals surface area contributed by atoms with Gasteiger partial charge in [-0.05, 0) is 49.2 Å². The number of nitrogens with one attached hydrogen (secondary N) is 1. The zero-order valence-corrected chi connectivity index (χ0v) is 17.6. The highest BCUT2D eigenvalue weighted by Gasteiger charge is 2.46. The number of likely N-dealkylation sites (tertiary alicyclic amines) is 1. The smallest absolute Gasteiger partial charge is 0.233 e. The van der Waals surface area contributed by atoms with Gasteiger partial charge in [-0.3, -0.25) is 19.3 Å². The fraction of sp³-hybridized carbons (Fsp3) is 0.250. The number of nitrogens with zero attached hydrogens (tertiary/aromatic N) is 2. The number of aromatic nitrogens is 1. The van der Waals surface area contributed by atoms with Crippen molar-refractivity contribution in [3.63, 3.8) is 0 Å². The van der Waals surface area contributed by atoms with Crippen molar-refractivity contribution in [2.75, 3.05) is 11.9 Å². The summed E-state index contributed by atoms with van der Waals surface area (Å²) in [4.78, 5) is 43.3. The van der Waals surface area contributed by atoms with Crippen LogP contribution in [0.5, 0.6) is 0 Å². The Labute approximate surface area is 183 Å². The lowest BCUT2D eigenvalue weighted by atomic mass is 9.85. The van der Waals surface area contributed by atoms with Crippen molar-refractivity contribution in [3.05, 3.63) is 60.7 Å². The van der Waals surface area contributed by atoms with Gasteiger partial charge in [0, 0.05) is 24.2 Å². The molecule has 5 rings (SSSR count). The van der Waals surface area contributed by atoms with Gasteiger partial charge in [-0.1, -0.05) is 24.3 Å². The second kappa shape index (κ2) is 8.07. The molecule has 156 valence electrons. The van der Waals surface area contributed by atoms with Gasteiger partial charge >= 0.3 is 0 Å². The molecule has 2 aliphatic rings. The zero-order valence-electron chi connectivity index (χ0n) is 16.8. The van der Waals surface area contributed by atoms with Crippen LogP contribution in [0.15, 0.2) is 60.7 Å². The Morgan fingerprint density at radius 3 is 2.35 bits per heavy atom. The lowest BCUT2D eigenvalue weighted by Crippen LogP contribution is -2.34. The van der Waals surface area contributed by atoms with Crippen molar-refractivity contribution in [1.82, 2.24) is 9.88 Å². The minimum absolute atomic E-state index is 0.0873. The number of para-hydroxylation sites is 1. The van der Waals surface area contributed by atoms with Gasteiger partial charge in [0.2, 0.25) is 17.7 Å². The monoisotopic (exact) mass is 431 g/mol. The first kappa shape index (κ1) is 19.6. The van der Waals surface area contributed by atoms with Crippen LogP contribution in [0.3, 0.4) is 0 Å². The van der Waals surface area contributed by atoms with Crippen molar-refractivity contribution in [1.29, 1.82) is 0 Å². The van der Waals surface area contributed by atoms with Crippen molar-refractivity contribution >= 4 is 45.0 Å². The molecule has 0 radical (unpaired) electrons. The van der Waals surface area contributed by atoms with E-state index in [1.807, 2.05) is 60.7 Å². The highest BCUT2D eigenvalue weighted by atomic mass is 32.1. The molecule has 0 saturated carbocycles. The van der Waals surface area contributed by atoms with E-state index in [-0.39, 0.29) is 42.5 Å². The first-order valence-electron chi connectivity index (χ1n) is 10.4. The largest absolute Gasteiger partial charge is 0.326 e. The summed E-state index contributed by atoms with van der Waals surface area (Å²) in [6.07, 6.45) is 5.23. The van der Waals surface area contributed by atoms with Crippen molar-refractivity contribution in [3.8, 4) is 10.6 Å². The van der Waals surface area contributed by atoms with Gasteiger partial charge in [-0.25, -0.2) is 4.98 Å². The molecule has 1 aliphatic carbocycles. The van der Waals surface area contributed by atoms with Gasteiger partial charge in [0.1, 0.15) is 5.01 Å². The SMILES string of the molecule is O=C(CCN1C(=O)[C@@H]2CC=CC[C@H]2C1=O)Nc1ccc(-c2nc3ccccc3s2)cc1. The lowest BCUT2D eigenvalue weighted by molar-refractivity contribution is -0.140. The third-order valence-electron chi connectivity index (χ3n) is 5.87. The molecule has 1 fully saturated rings. The molecule has 1 saturated heterocycles. The molecule has 2 aromatic carbocycles. The Balaban J connectivity index is 1.19. The van der Waals surface area contributed by atoms with Crippen LogP contribution in [0.4, 0.5) is 5.69 Å². The molecule has 2 atom stereocenters. The number of imide groups is 1. The van der Waals surface area contributed by atoms with Gasteiger partial charge in [0.15, 0.2) is 0 Å². The number of fused-ring (bicyclic) bond motifs is 2. The number of carbonyl (C=O) groups is 3. The first-order chi connectivity index (χ1) is 15.1. The molecular formula is C24H21N3O3S. The number of anilines is 1. The van der Waals surface area contributed by atoms with E-state index in [0.29, 0.717) is 18.5 Å². The standard InChI is InChI=1S/C24H21N3O3S/c28-21(13-14-27-23(29)17-5-1-2-6-18(17)24(27)30)25-16-11-9-15(10-12-16)22-26-19-7-3-4-8-20(19)31-22/h1-4,7-12,17-18H,5-6,13-14H2,(H,25,28)/t17-,18-/m1/s1. The average Bonchev–Trinajstić information content (AvgIpc) is 3.33. The third kappa shape index (κ3) is 3.77. The fourth-order valence-electron chi connectivity index (χ4n) is 4.22. The number of rotatable bonds is 5. The van der Waals surface area contributed by atoms with E-state index in [0.717, 1.165) is 20.8 Å². The molecule has 1 N–H and O–H groups in total. The first-order valence-corrected chi connectivity index (χ1v) is 11.2. The number of hydrogen-bond donors (Lipinski definition) is 1. The lowest BCUT2D eigenvalue weighted by Gasteiger charge is -2.14. The van der Waals surface area contributed by atoms with E-state index >= 15 is 0 Å². The molecule has 3 aromatic rings. The molecule has 1 aliphatic heterocycles. The molecule has 6 nitrogen and oxygen atoms in total. The molecule has 3 amide bonds. The van der Waals surface area contributed by atoms with Crippen molar-refractivity contribution < 1.29 is 14.4 Å². The molecule has 7 heteroatoms. The highest BCUT2D eigenvalue weighted by molar-refractivity contribution is 7.21. The van der Waals surface area contributed by atoms with E-state index < -0.39 is 0 Å². The molecule has 1 aromatic heterocycles. The second-order valence-electron chi connectivity index (χ2n) is 7.85. The van der Waals surface area contributed by atoms with Crippen LogP contribution in [0.25, 0.3) is 20.8 Å². The van der Waals surface area contributed by atoms with E-state index in [2.05, 4.69) is 10.3 Å². The van der Waals surface area contributed by atoms with Crippen LogP contribution in [-0.4, -0.2) is 34.2 Å². The Morgan fingerprint density at radius 2 is 1.68 bits per heavy atom. The normalized spacial score (nSPS) is 20.3. The topological polar surface area (TPSA) is 79.4 Å². The molecule has 0 spiro atoms. The summed E-state index contributed by atoms with van der Waals surface area (Å²) in [5.41, 5.74) is 2.64. The zero-order chi connectivity index (χ0) is 21.4. The second-order valence-corrected chi connectivity index (χ2v) is 8.88. The summed E-state index contributed by atoms with van der Waals surface area (Å²) in [6, 6.07) is 15.5. The summed E-state index contributed by atoms with van der Waals surface area (Å²) in [5, 5.41) is 3.78. The van der Waals surface area contributed by atoms with E-state index in [4.69, 9.17) is 0 Å². The van der Waals surface area contributed by atoms with E-state index in [9.17, 15) is 14.4 Å². The maximum atomic E-state index is 12.5. The molecular weight excluding hydrogens is 410 g/mol. The van der Waals surface area contributed by atoms with Gasteiger partial charge < -0.3 is 5.32 Å². The van der Waals surface area contributed by atoms with Gasteiger partial charge in [0.05, 0.1) is 22.1 Å². The minimum Gasteiger partial charge on any atom is -0.326 e. The Bertz CT molecular complexity index is 1140. The molecule has 31 heavy (non-hydrogen) atoms. The van der Waals surface area contributed by atoms with Gasteiger partial charge in [-0.15, -0.1) is 11.3 Å². The number of hydrogen-bond acceptors (Lipinski definition) is 5. The fourth-order valence-corrected chi connectivity index (χ4v) is 5.19. The predicted molar refractivity (Wildman–Crippen MR) is 120 cm³/mol. The van der Waals surface area contributed by atoms with E-state index in [1.54, 1.807) is 11.3 Å². The van der Waals surface area contributed by atoms with Crippen LogP contribution in [-0.2, 0) is 14.4 Å².